The van der Waals surface area contributed by atoms with Crippen LogP contribution in [0.25, 0.3) is 0 Å². The van der Waals surface area contributed by atoms with Crippen molar-refractivity contribution in [1.82, 2.24) is 0 Å². The molecular weight excluding hydrogens is 226 g/mol. The summed E-state index contributed by atoms with van der Waals surface area (Å²) in [5.41, 5.74) is 6.97. The molecule has 0 saturated heterocycles. The second-order valence-corrected chi connectivity index (χ2v) is 5.90. The van der Waals surface area contributed by atoms with E-state index < -0.39 is 10.1 Å². The first-order valence-electron chi connectivity index (χ1n) is 5.18. The van der Waals surface area contributed by atoms with E-state index in [2.05, 4.69) is 0 Å². The third-order valence-corrected chi connectivity index (χ3v) is 3.42. The van der Waals surface area contributed by atoms with Crippen molar-refractivity contribution < 1.29 is 12.6 Å². The van der Waals surface area contributed by atoms with Crippen LogP contribution in [0.4, 0.5) is 0 Å². The van der Waals surface area contributed by atoms with Gasteiger partial charge in [-0.1, -0.05) is 12.1 Å². The Morgan fingerprint density at radius 1 is 1.25 bits per heavy atom. The second-order valence-electron chi connectivity index (χ2n) is 4.32. The average molecular weight is 241 g/mol. The van der Waals surface area contributed by atoms with Crippen molar-refractivity contribution >= 4 is 10.1 Å². The predicted molar refractivity (Wildman–Crippen MR) is 61.6 cm³/mol. The third kappa shape index (κ3) is 2.36. The van der Waals surface area contributed by atoms with Gasteiger partial charge in [-0.05, 0) is 37.0 Å². The number of hydrogen-bond acceptors (Lipinski definition) is 4. The highest BCUT2D eigenvalue weighted by atomic mass is 32.2. The van der Waals surface area contributed by atoms with Gasteiger partial charge in [-0.15, -0.1) is 0 Å². The summed E-state index contributed by atoms with van der Waals surface area (Å²) in [5.74, 6) is 0.328. The lowest BCUT2D eigenvalue weighted by Gasteiger charge is -2.38. The summed E-state index contributed by atoms with van der Waals surface area (Å²) >= 11 is 0. The van der Waals surface area contributed by atoms with Gasteiger partial charge < -0.3 is 9.92 Å². The molecule has 0 bridgehead atoms. The molecule has 1 aromatic carbocycles. The van der Waals surface area contributed by atoms with Crippen molar-refractivity contribution in [1.29, 1.82) is 0 Å². The second kappa shape index (κ2) is 3.75. The number of hydrogen-bond donors (Lipinski definition) is 1. The quantitative estimate of drug-likeness (QED) is 0.811. The van der Waals surface area contributed by atoms with E-state index in [1.165, 1.54) is 0 Å². The van der Waals surface area contributed by atoms with Gasteiger partial charge in [-0.3, -0.25) is 0 Å². The molecule has 4 nitrogen and oxygen atoms in total. The molecular formula is C11H15NO3S. The van der Waals surface area contributed by atoms with Gasteiger partial charge in [0.1, 0.15) is 5.75 Å². The average Bonchev–Trinajstić information content (AvgIpc) is 2.13. The summed E-state index contributed by atoms with van der Waals surface area (Å²) < 4.78 is 26.6. The van der Waals surface area contributed by atoms with Crippen LogP contribution in [0, 0.1) is 0 Å². The normalized spacial score (nSPS) is 18.9. The maximum atomic E-state index is 10.9. The van der Waals surface area contributed by atoms with Crippen LogP contribution in [-0.4, -0.2) is 14.7 Å². The molecule has 0 radical (unpaired) electrons. The van der Waals surface area contributed by atoms with E-state index in [9.17, 15) is 8.42 Å². The van der Waals surface area contributed by atoms with Gasteiger partial charge in [0, 0.05) is 5.54 Å². The molecule has 2 rings (SSSR count). The standard InChI is InChI=1S/C11H15NO3S/c1-16(13,14)15-10-5-3-9(4-6-10)11(12)7-2-8-11/h3-6H,2,7-8,12H2,1H3. The zero-order chi connectivity index (χ0) is 11.8. The molecule has 0 amide bonds. The maximum absolute atomic E-state index is 10.9. The Kier molecular flexibility index (Phi) is 2.67. The fourth-order valence-electron chi connectivity index (χ4n) is 1.86. The van der Waals surface area contributed by atoms with E-state index in [0.29, 0.717) is 5.75 Å². The number of nitrogens with two attached hydrogens (primary N) is 1. The first kappa shape index (κ1) is 11.4. The number of benzene rings is 1. The minimum atomic E-state index is -3.45. The van der Waals surface area contributed by atoms with Gasteiger partial charge in [-0.2, -0.15) is 8.42 Å². The van der Waals surface area contributed by atoms with Crippen LogP contribution >= 0.6 is 0 Å². The maximum Gasteiger partial charge on any atom is 0.306 e. The Hall–Kier alpha value is -1.07. The smallest absolute Gasteiger partial charge is 0.306 e. The van der Waals surface area contributed by atoms with Gasteiger partial charge in [0.25, 0.3) is 0 Å². The summed E-state index contributed by atoms with van der Waals surface area (Å²) in [5, 5.41) is 0. The van der Waals surface area contributed by atoms with Crippen LogP contribution in [0.1, 0.15) is 24.8 Å². The van der Waals surface area contributed by atoms with Gasteiger partial charge in [-0.25, -0.2) is 0 Å². The van der Waals surface area contributed by atoms with Gasteiger partial charge >= 0.3 is 10.1 Å². The molecule has 0 heterocycles. The molecule has 0 atom stereocenters. The Morgan fingerprint density at radius 3 is 2.19 bits per heavy atom. The van der Waals surface area contributed by atoms with E-state index in [1.807, 2.05) is 12.1 Å². The van der Waals surface area contributed by atoms with Crippen molar-refractivity contribution in [3.8, 4) is 5.75 Å². The molecule has 0 spiro atoms. The highest BCUT2D eigenvalue weighted by molar-refractivity contribution is 7.86. The van der Waals surface area contributed by atoms with Crippen molar-refractivity contribution in [2.24, 2.45) is 5.73 Å². The van der Waals surface area contributed by atoms with Crippen LogP contribution < -0.4 is 9.92 Å². The molecule has 0 unspecified atom stereocenters. The van der Waals surface area contributed by atoms with E-state index in [0.717, 1.165) is 31.1 Å². The lowest BCUT2D eigenvalue weighted by molar-refractivity contribution is 0.253. The highest BCUT2D eigenvalue weighted by Gasteiger charge is 2.34. The summed E-state index contributed by atoms with van der Waals surface area (Å²) in [6.45, 7) is 0. The molecule has 1 fully saturated rings. The first-order valence-corrected chi connectivity index (χ1v) is 7.00. The summed E-state index contributed by atoms with van der Waals surface area (Å²) in [6.07, 6.45) is 4.15. The van der Waals surface area contributed by atoms with Crippen molar-refractivity contribution in [2.45, 2.75) is 24.8 Å². The Balaban J connectivity index is 2.17. The van der Waals surface area contributed by atoms with Crippen LogP contribution in [0.5, 0.6) is 5.75 Å². The first-order chi connectivity index (χ1) is 7.39. The van der Waals surface area contributed by atoms with Crippen LogP contribution in [0.3, 0.4) is 0 Å². The zero-order valence-electron chi connectivity index (χ0n) is 9.14. The molecule has 0 aromatic heterocycles. The molecule has 1 aromatic rings. The summed E-state index contributed by atoms with van der Waals surface area (Å²) in [4.78, 5) is 0. The minimum absolute atomic E-state index is 0.219. The third-order valence-electron chi connectivity index (χ3n) is 2.92. The van der Waals surface area contributed by atoms with E-state index in [4.69, 9.17) is 9.92 Å². The van der Waals surface area contributed by atoms with Crippen molar-refractivity contribution in [3.63, 3.8) is 0 Å². The minimum Gasteiger partial charge on any atom is -0.383 e. The monoisotopic (exact) mass is 241 g/mol. The van der Waals surface area contributed by atoms with E-state index in [-0.39, 0.29) is 5.54 Å². The Morgan fingerprint density at radius 2 is 1.81 bits per heavy atom. The number of rotatable bonds is 3. The predicted octanol–water partition coefficient (Wildman–Crippen LogP) is 1.36. The topological polar surface area (TPSA) is 69.4 Å². The summed E-state index contributed by atoms with van der Waals surface area (Å²) in [7, 11) is -3.45. The lowest BCUT2D eigenvalue weighted by atomic mass is 9.73. The Labute approximate surface area is 95.5 Å². The van der Waals surface area contributed by atoms with Gasteiger partial charge in [0.15, 0.2) is 0 Å². The molecule has 1 saturated carbocycles. The molecule has 5 heteroatoms. The largest absolute Gasteiger partial charge is 0.383 e. The van der Waals surface area contributed by atoms with Crippen LogP contribution in [0.15, 0.2) is 24.3 Å². The van der Waals surface area contributed by atoms with E-state index in [1.54, 1.807) is 12.1 Å². The van der Waals surface area contributed by atoms with Crippen LogP contribution in [0.2, 0.25) is 0 Å². The molecule has 0 aliphatic heterocycles. The molecule has 88 valence electrons. The summed E-state index contributed by atoms with van der Waals surface area (Å²) in [6, 6.07) is 6.95. The van der Waals surface area contributed by atoms with Crippen molar-refractivity contribution in [3.05, 3.63) is 29.8 Å². The highest BCUT2D eigenvalue weighted by Crippen LogP contribution is 2.38. The molecule has 1 aliphatic carbocycles. The van der Waals surface area contributed by atoms with Crippen LogP contribution in [-0.2, 0) is 15.7 Å². The molecule has 2 N–H and O–H groups in total. The fraction of sp³-hybridized carbons (Fsp3) is 0.455. The zero-order valence-corrected chi connectivity index (χ0v) is 9.96. The van der Waals surface area contributed by atoms with E-state index >= 15 is 0 Å². The Bertz CT molecular complexity index is 474. The van der Waals surface area contributed by atoms with Gasteiger partial charge in [0.2, 0.25) is 0 Å². The van der Waals surface area contributed by atoms with Gasteiger partial charge in [0.05, 0.1) is 6.26 Å². The SMILES string of the molecule is CS(=O)(=O)Oc1ccc(C2(N)CCC2)cc1. The van der Waals surface area contributed by atoms with Crippen molar-refractivity contribution in [2.75, 3.05) is 6.26 Å². The molecule has 1 aliphatic rings. The lowest BCUT2D eigenvalue weighted by Crippen LogP contribution is -2.43. The fourth-order valence-corrected chi connectivity index (χ4v) is 2.32. The molecule has 16 heavy (non-hydrogen) atoms.